The number of aromatic hydroxyl groups is 1. The first-order valence-electron chi connectivity index (χ1n) is 5.59. The molecule has 1 aromatic rings. The van der Waals surface area contributed by atoms with Gasteiger partial charge in [0.1, 0.15) is 16.7 Å². The van der Waals surface area contributed by atoms with Gasteiger partial charge in [-0.15, -0.1) is 0 Å². The fourth-order valence-electron chi connectivity index (χ4n) is 2.10. The number of phenolic OH excluding ortho intramolecular Hbond substituents is 1. The number of hydrogen-bond acceptors (Lipinski definition) is 5. The Hall–Kier alpha value is -2.13. The Morgan fingerprint density at radius 3 is 2.55 bits per heavy atom. The predicted octanol–water partition coefficient (Wildman–Crippen LogP) is -0.516. The lowest BCUT2D eigenvalue weighted by molar-refractivity contribution is -0.117. The molecule has 1 atom stereocenters. The third-order valence-electron chi connectivity index (χ3n) is 3.07. The van der Waals surface area contributed by atoms with Crippen LogP contribution >= 0.6 is 0 Å². The molecule has 0 aliphatic carbocycles. The fourth-order valence-corrected chi connectivity index (χ4v) is 2.83. The van der Waals surface area contributed by atoms with Gasteiger partial charge in [-0.2, -0.15) is 0 Å². The summed E-state index contributed by atoms with van der Waals surface area (Å²) in [6.45, 7) is -0.282. The van der Waals surface area contributed by atoms with E-state index in [0.717, 1.165) is 4.90 Å². The highest BCUT2D eigenvalue weighted by Gasteiger charge is 2.39. The van der Waals surface area contributed by atoms with Crippen molar-refractivity contribution in [2.45, 2.75) is 11.7 Å². The molecule has 1 saturated heterocycles. The van der Waals surface area contributed by atoms with Gasteiger partial charge in [-0.05, 0) is 12.1 Å². The molecule has 2 rings (SSSR count). The quantitative estimate of drug-likeness (QED) is 0.687. The number of anilines is 1. The van der Waals surface area contributed by atoms with E-state index in [1.807, 2.05) is 0 Å². The minimum atomic E-state index is -3.91. The van der Waals surface area contributed by atoms with Crippen LogP contribution in [-0.2, 0) is 14.8 Å². The van der Waals surface area contributed by atoms with Crippen LogP contribution in [0.1, 0.15) is 16.8 Å². The number of nitrogens with two attached hydrogens (primary N) is 1. The number of carbonyl (C=O) groups excluding carboxylic acids is 1. The van der Waals surface area contributed by atoms with Crippen molar-refractivity contribution < 1.29 is 28.2 Å². The number of carboxylic acids is 1. The molecule has 1 unspecified atom stereocenters. The van der Waals surface area contributed by atoms with Crippen LogP contribution in [0.5, 0.6) is 5.75 Å². The molecule has 0 aromatic heterocycles. The van der Waals surface area contributed by atoms with E-state index in [2.05, 4.69) is 0 Å². The van der Waals surface area contributed by atoms with Crippen molar-refractivity contribution in [3.05, 3.63) is 23.8 Å². The highest BCUT2D eigenvalue weighted by atomic mass is 32.2. The van der Waals surface area contributed by atoms with Crippen LogP contribution in [0.4, 0.5) is 5.69 Å². The summed E-state index contributed by atoms with van der Waals surface area (Å²) in [5, 5.41) is 22.7. The number of sulfonamides is 1. The summed E-state index contributed by atoms with van der Waals surface area (Å²) in [5.41, 5.74) is -0.496. The molecule has 0 bridgehead atoms. The van der Waals surface area contributed by atoms with Crippen LogP contribution < -0.4 is 10.0 Å². The van der Waals surface area contributed by atoms with Gasteiger partial charge < -0.3 is 15.1 Å². The second-order valence-corrected chi connectivity index (χ2v) is 6.24. The number of rotatable bonds is 3. The number of benzene rings is 1. The van der Waals surface area contributed by atoms with E-state index >= 15 is 0 Å². The van der Waals surface area contributed by atoms with Gasteiger partial charge in [-0.3, -0.25) is 4.79 Å². The molecule has 1 amide bonds. The normalized spacial score (nSPS) is 19.4. The number of hydrogen-bond donors (Lipinski definition) is 3. The number of nitrogens with zero attached hydrogens (tertiary/aromatic N) is 1. The number of para-hydroxylation sites is 1. The van der Waals surface area contributed by atoms with Crippen molar-refractivity contribution in [1.29, 1.82) is 0 Å². The van der Waals surface area contributed by atoms with Gasteiger partial charge in [0.05, 0.1) is 5.56 Å². The lowest BCUT2D eigenvalue weighted by Crippen LogP contribution is -2.32. The Balaban J connectivity index is 2.48. The van der Waals surface area contributed by atoms with Crippen molar-refractivity contribution >= 4 is 27.6 Å². The molecule has 0 saturated carbocycles. The molecule has 108 valence electrons. The molecule has 0 spiro atoms. The predicted molar refractivity (Wildman–Crippen MR) is 68.9 cm³/mol. The molecule has 1 aliphatic heterocycles. The standard InChI is InChI=1S/C11H12N2O6S/c12-20(18,19)6-4-9(15)13(5-6)10-7(11(16)17)2-1-3-8(10)14/h1-3,6,14H,4-5H2,(H,16,17)(H2,12,18,19). The van der Waals surface area contributed by atoms with Crippen LogP contribution in [0.3, 0.4) is 0 Å². The maximum atomic E-state index is 11.9. The molecule has 8 nitrogen and oxygen atoms in total. The van der Waals surface area contributed by atoms with Crippen LogP contribution in [0.15, 0.2) is 18.2 Å². The maximum absolute atomic E-state index is 11.9. The van der Waals surface area contributed by atoms with Crippen molar-refractivity contribution in [2.75, 3.05) is 11.4 Å². The van der Waals surface area contributed by atoms with Crippen LogP contribution in [-0.4, -0.2) is 42.3 Å². The first-order valence-corrected chi connectivity index (χ1v) is 7.20. The Bertz CT molecular complexity index is 684. The van der Waals surface area contributed by atoms with Gasteiger partial charge in [0.2, 0.25) is 15.9 Å². The topological polar surface area (TPSA) is 138 Å². The average Bonchev–Trinajstić information content (AvgIpc) is 2.70. The summed E-state index contributed by atoms with van der Waals surface area (Å²) in [6, 6.07) is 3.76. The van der Waals surface area contributed by atoms with E-state index in [0.29, 0.717) is 0 Å². The Morgan fingerprint density at radius 2 is 2.05 bits per heavy atom. The molecule has 1 heterocycles. The number of carbonyl (C=O) groups is 2. The van der Waals surface area contributed by atoms with Crippen LogP contribution in [0.25, 0.3) is 0 Å². The molecule has 4 N–H and O–H groups in total. The van der Waals surface area contributed by atoms with Crippen LogP contribution in [0, 0.1) is 0 Å². The molecule has 1 aliphatic rings. The van der Waals surface area contributed by atoms with Crippen molar-refractivity contribution in [3.63, 3.8) is 0 Å². The van der Waals surface area contributed by atoms with Crippen molar-refractivity contribution in [1.82, 2.24) is 0 Å². The van der Waals surface area contributed by atoms with Gasteiger partial charge in [-0.1, -0.05) is 6.07 Å². The van der Waals surface area contributed by atoms with Gasteiger partial charge in [0, 0.05) is 13.0 Å². The van der Waals surface area contributed by atoms with E-state index in [9.17, 15) is 23.1 Å². The zero-order chi connectivity index (χ0) is 15.1. The third-order valence-corrected chi connectivity index (χ3v) is 4.31. The smallest absolute Gasteiger partial charge is 0.337 e. The largest absolute Gasteiger partial charge is 0.506 e. The second-order valence-electron chi connectivity index (χ2n) is 4.40. The summed E-state index contributed by atoms with van der Waals surface area (Å²) in [4.78, 5) is 23.9. The molecule has 9 heteroatoms. The maximum Gasteiger partial charge on any atom is 0.337 e. The first kappa shape index (κ1) is 14.3. The average molecular weight is 300 g/mol. The third kappa shape index (κ3) is 2.45. The number of carboxylic acid groups (broad SMARTS) is 1. The van der Waals surface area contributed by atoms with Gasteiger partial charge in [0.15, 0.2) is 0 Å². The molecule has 1 aromatic carbocycles. The van der Waals surface area contributed by atoms with Crippen LogP contribution in [0.2, 0.25) is 0 Å². The van der Waals surface area contributed by atoms with Gasteiger partial charge in [0.25, 0.3) is 0 Å². The van der Waals surface area contributed by atoms with E-state index in [4.69, 9.17) is 10.2 Å². The number of amides is 1. The summed E-state index contributed by atoms with van der Waals surface area (Å²) >= 11 is 0. The Kier molecular flexibility index (Phi) is 3.40. The Labute approximate surface area is 114 Å². The molecular weight excluding hydrogens is 288 g/mol. The number of primary sulfonamides is 1. The van der Waals surface area contributed by atoms with Crippen molar-refractivity contribution in [3.8, 4) is 5.75 Å². The van der Waals surface area contributed by atoms with E-state index < -0.39 is 32.9 Å². The molecular formula is C11H12N2O6S. The first-order chi connectivity index (χ1) is 9.21. The lowest BCUT2D eigenvalue weighted by atomic mass is 10.1. The molecule has 20 heavy (non-hydrogen) atoms. The zero-order valence-corrected chi connectivity index (χ0v) is 11.0. The number of aromatic carboxylic acids is 1. The fraction of sp³-hybridized carbons (Fsp3) is 0.273. The van der Waals surface area contributed by atoms with Crippen molar-refractivity contribution in [2.24, 2.45) is 5.14 Å². The zero-order valence-electron chi connectivity index (χ0n) is 10.2. The highest BCUT2D eigenvalue weighted by molar-refractivity contribution is 7.89. The van der Waals surface area contributed by atoms with E-state index in [1.165, 1.54) is 18.2 Å². The number of phenols is 1. The monoisotopic (exact) mass is 300 g/mol. The summed E-state index contributed by atoms with van der Waals surface area (Å²) < 4.78 is 22.6. The van der Waals surface area contributed by atoms with E-state index in [-0.39, 0.29) is 24.2 Å². The summed E-state index contributed by atoms with van der Waals surface area (Å²) in [6.07, 6.45) is -0.341. The Morgan fingerprint density at radius 1 is 1.40 bits per heavy atom. The minimum absolute atomic E-state index is 0.212. The SMILES string of the molecule is NS(=O)(=O)C1CC(=O)N(c2c(O)cccc2C(=O)O)C1. The molecule has 0 radical (unpaired) electrons. The molecule has 1 fully saturated rings. The van der Waals surface area contributed by atoms with Gasteiger partial charge in [-0.25, -0.2) is 18.4 Å². The van der Waals surface area contributed by atoms with Gasteiger partial charge >= 0.3 is 5.97 Å². The summed E-state index contributed by atoms with van der Waals surface area (Å²) in [5.74, 6) is -2.34. The summed E-state index contributed by atoms with van der Waals surface area (Å²) in [7, 11) is -3.91. The second kappa shape index (κ2) is 4.76. The van der Waals surface area contributed by atoms with E-state index in [1.54, 1.807) is 0 Å². The lowest BCUT2D eigenvalue weighted by Gasteiger charge is -2.19. The highest BCUT2D eigenvalue weighted by Crippen LogP contribution is 2.35. The minimum Gasteiger partial charge on any atom is -0.506 e.